The topological polar surface area (TPSA) is 21.3 Å². The van der Waals surface area contributed by atoms with E-state index < -0.39 is 0 Å². The van der Waals surface area contributed by atoms with Crippen LogP contribution in [0.2, 0.25) is 5.02 Å². The molecule has 1 heterocycles. The fourth-order valence-corrected chi connectivity index (χ4v) is 3.62. The summed E-state index contributed by atoms with van der Waals surface area (Å²) in [6.45, 7) is 0.891. The van der Waals surface area contributed by atoms with E-state index in [9.17, 15) is 0 Å². The van der Waals surface area contributed by atoms with Crippen molar-refractivity contribution >= 4 is 17.3 Å². The lowest BCUT2D eigenvalue weighted by atomic mass is 9.83. The fourth-order valence-electron chi connectivity index (χ4n) is 3.43. The number of hydrogen-bond donors (Lipinski definition) is 1. The highest BCUT2D eigenvalue weighted by Gasteiger charge is 2.40. The SMILES string of the molecule is Clc1cccc(NCC2CCC3(CCCCC3)O2)c1. The molecular formula is C16H22ClNO. The first-order valence-electron chi connectivity index (χ1n) is 7.43. The van der Waals surface area contributed by atoms with E-state index in [-0.39, 0.29) is 5.60 Å². The predicted molar refractivity (Wildman–Crippen MR) is 79.9 cm³/mol. The zero-order valence-electron chi connectivity index (χ0n) is 11.3. The number of rotatable bonds is 3. The van der Waals surface area contributed by atoms with Gasteiger partial charge in [0, 0.05) is 17.3 Å². The average Bonchev–Trinajstić information content (AvgIpc) is 2.80. The van der Waals surface area contributed by atoms with Crippen molar-refractivity contribution in [3.05, 3.63) is 29.3 Å². The fraction of sp³-hybridized carbons (Fsp3) is 0.625. The van der Waals surface area contributed by atoms with Gasteiger partial charge in [-0.15, -0.1) is 0 Å². The number of hydrogen-bond acceptors (Lipinski definition) is 2. The van der Waals surface area contributed by atoms with Crippen LogP contribution in [0.1, 0.15) is 44.9 Å². The van der Waals surface area contributed by atoms with E-state index in [2.05, 4.69) is 11.4 Å². The number of nitrogens with one attached hydrogen (secondary N) is 1. The molecule has 2 fully saturated rings. The van der Waals surface area contributed by atoms with Crippen molar-refractivity contribution in [1.82, 2.24) is 0 Å². The van der Waals surface area contributed by atoms with Crippen LogP contribution >= 0.6 is 11.6 Å². The van der Waals surface area contributed by atoms with Crippen molar-refractivity contribution < 1.29 is 4.74 Å². The number of ether oxygens (including phenoxy) is 1. The normalized spacial score (nSPS) is 25.6. The molecule has 1 aromatic carbocycles. The van der Waals surface area contributed by atoms with Gasteiger partial charge in [-0.25, -0.2) is 0 Å². The molecule has 1 saturated carbocycles. The summed E-state index contributed by atoms with van der Waals surface area (Å²) in [5, 5.41) is 4.22. The lowest BCUT2D eigenvalue weighted by Gasteiger charge is -2.33. The summed E-state index contributed by atoms with van der Waals surface area (Å²) in [7, 11) is 0. The average molecular weight is 280 g/mol. The monoisotopic (exact) mass is 279 g/mol. The largest absolute Gasteiger partial charge is 0.382 e. The molecule has 19 heavy (non-hydrogen) atoms. The van der Waals surface area contributed by atoms with E-state index in [1.807, 2.05) is 18.2 Å². The maximum absolute atomic E-state index is 6.35. The Morgan fingerprint density at radius 1 is 1.21 bits per heavy atom. The van der Waals surface area contributed by atoms with Gasteiger partial charge in [0.15, 0.2) is 0 Å². The Morgan fingerprint density at radius 3 is 2.84 bits per heavy atom. The summed E-state index contributed by atoms with van der Waals surface area (Å²) in [4.78, 5) is 0. The molecule has 1 spiro atoms. The lowest BCUT2D eigenvalue weighted by molar-refractivity contribution is -0.0588. The van der Waals surface area contributed by atoms with Gasteiger partial charge in [-0.2, -0.15) is 0 Å². The van der Waals surface area contributed by atoms with Gasteiger partial charge in [0.25, 0.3) is 0 Å². The van der Waals surface area contributed by atoms with E-state index >= 15 is 0 Å². The van der Waals surface area contributed by atoms with Crippen molar-refractivity contribution in [3.63, 3.8) is 0 Å². The Bertz CT molecular complexity index is 429. The minimum atomic E-state index is 0.221. The van der Waals surface area contributed by atoms with E-state index in [4.69, 9.17) is 16.3 Å². The maximum Gasteiger partial charge on any atom is 0.0756 e. The zero-order valence-corrected chi connectivity index (χ0v) is 12.1. The van der Waals surface area contributed by atoms with Gasteiger partial charge in [-0.1, -0.05) is 36.9 Å². The second-order valence-corrected chi connectivity index (χ2v) is 6.35. The minimum absolute atomic E-state index is 0.221. The van der Waals surface area contributed by atoms with Crippen molar-refractivity contribution in [1.29, 1.82) is 0 Å². The number of benzene rings is 1. The zero-order chi connectivity index (χ0) is 13.1. The van der Waals surface area contributed by atoms with Gasteiger partial charge in [-0.3, -0.25) is 0 Å². The molecule has 0 amide bonds. The molecule has 1 saturated heterocycles. The lowest BCUT2D eigenvalue weighted by Crippen LogP contribution is -2.33. The molecule has 2 nitrogen and oxygen atoms in total. The molecule has 104 valence electrons. The Kier molecular flexibility index (Phi) is 3.99. The molecule has 1 aliphatic carbocycles. The van der Waals surface area contributed by atoms with Crippen LogP contribution in [0.3, 0.4) is 0 Å². The smallest absolute Gasteiger partial charge is 0.0756 e. The van der Waals surface area contributed by atoms with Crippen molar-refractivity contribution in [2.24, 2.45) is 0 Å². The molecular weight excluding hydrogens is 258 g/mol. The highest BCUT2D eigenvalue weighted by Crippen LogP contribution is 2.41. The van der Waals surface area contributed by atoms with Crippen LogP contribution in [0.15, 0.2) is 24.3 Å². The summed E-state index contributed by atoms with van der Waals surface area (Å²) < 4.78 is 6.35. The molecule has 0 radical (unpaired) electrons. The van der Waals surface area contributed by atoms with E-state index in [0.717, 1.165) is 17.3 Å². The summed E-state index contributed by atoms with van der Waals surface area (Å²) in [5.41, 5.74) is 1.31. The van der Waals surface area contributed by atoms with Crippen LogP contribution < -0.4 is 5.32 Å². The van der Waals surface area contributed by atoms with Gasteiger partial charge < -0.3 is 10.1 Å². The highest BCUT2D eigenvalue weighted by atomic mass is 35.5. The maximum atomic E-state index is 6.35. The van der Waals surface area contributed by atoms with Gasteiger partial charge in [0.2, 0.25) is 0 Å². The Hall–Kier alpha value is -0.730. The third kappa shape index (κ3) is 3.24. The summed E-state index contributed by atoms with van der Waals surface area (Å²) in [6, 6.07) is 7.89. The second-order valence-electron chi connectivity index (χ2n) is 5.91. The number of halogens is 1. The molecule has 1 atom stereocenters. The third-order valence-corrected chi connectivity index (χ3v) is 4.70. The number of anilines is 1. The molecule has 1 N–H and O–H groups in total. The van der Waals surface area contributed by atoms with Crippen molar-refractivity contribution in [3.8, 4) is 0 Å². The molecule has 1 unspecified atom stereocenters. The second kappa shape index (κ2) is 5.72. The summed E-state index contributed by atoms with van der Waals surface area (Å²) in [5.74, 6) is 0. The molecule has 2 aliphatic rings. The van der Waals surface area contributed by atoms with Crippen LogP contribution in [-0.2, 0) is 4.74 Å². The molecule has 0 aromatic heterocycles. The minimum Gasteiger partial charge on any atom is -0.382 e. The van der Waals surface area contributed by atoms with Crippen molar-refractivity contribution in [2.45, 2.75) is 56.7 Å². The van der Waals surface area contributed by atoms with Crippen LogP contribution in [0.4, 0.5) is 5.69 Å². The predicted octanol–water partition coefficient (Wildman–Crippen LogP) is 4.63. The van der Waals surface area contributed by atoms with Crippen molar-refractivity contribution in [2.75, 3.05) is 11.9 Å². The van der Waals surface area contributed by atoms with Crippen LogP contribution in [0.5, 0.6) is 0 Å². The Balaban J connectivity index is 1.52. The van der Waals surface area contributed by atoms with Crippen LogP contribution in [0.25, 0.3) is 0 Å². The van der Waals surface area contributed by atoms with Gasteiger partial charge in [-0.05, 0) is 43.9 Å². The first kappa shape index (κ1) is 13.3. The summed E-state index contributed by atoms with van der Waals surface area (Å²) >= 11 is 5.99. The quantitative estimate of drug-likeness (QED) is 0.871. The van der Waals surface area contributed by atoms with Gasteiger partial charge in [0.1, 0.15) is 0 Å². The summed E-state index contributed by atoms with van der Waals surface area (Å²) in [6.07, 6.45) is 9.39. The van der Waals surface area contributed by atoms with Gasteiger partial charge >= 0.3 is 0 Å². The Labute approximate surface area is 120 Å². The first-order valence-corrected chi connectivity index (χ1v) is 7.81. The first-order chi connectivity index (χ1) is 9.26. The van der Waals surface area contributed by atoms with Gasteiger partial charge in [0.05, 0.1) is 11.7 Å². The molecule has 1 aromatic rings. The van der Waals surface area contributed by atoms with E-state index in [1.165, 1.54) is 44.9 Å². The van der Waals surface area contributed by atoms with Crippen LogP contribution in [-0.4, -0.2) is 18.2 Å². The molecule has 3 heteroatoms. The third-order valence-electron chi connectivity index (χ3n) is 4.46. The van der Waals surface area contributed by atoms with E-state index in [0.29, 0.717) is 6.10 Å². The molecule has 0 bridgehead atoms. The van der Waals surface area contributed by atoms with Crippen LogP contribution in [0, 0.1) is 0 Å². The highest BCUT2D eigenvalue weighted by molar-refractivity contribution is 6.30. The Morgan fingerprint density at radius 2 is 2.05 bits per heavy atom. The van der Waals surface area contributed by atoms with E-state index in [1.54, 1.807) is 0 Å². The molecule has 1 aliphatic heterocycles. The standard InChI is InChI=1S/C16H22ClNO/c17-13-5-4-6-14(11-13)18-12-15-7-10-16(19-15)8-2-1-3-9-16/h4-6,11,15,18H,1-3,7-10,12H2. The molecule has 3 rings (SSSR count).